The molecule has 0 aromatic carbocycles. The molecule has 1 aromatic heterocycles. The molecule has 0 aliphatic carbocycles. The van der Waals surface area contributed by atoms with E-state index in [9.17, 15) is 9.59 Å². The highest BCUT2D eigenvalue weighted by Crippen LogP contribution is 2.23. The standard InChI is InChI=1S/C9H12N2O5S/c1-5-2-11(9(14)10-8(5)13)16-6-4-17-7(3-12)15-6/h2,6-7,12H,3-4H2,1H3,(H,10,13,14)/t6-,7+/m1/s1. The molecule has 2 rings (SSSR count). The van der Waals surface area contributed by atoms with Crippen molar-refractivity contribution in [3.63, 3.8) is 0 Å². The van der Waals surface area contributed by atoms with Gasteiger partial charge in [-0.05, 0) is 6.92 Å². The van der Waals surface area contributed by atoms with Gasteiger partial charge in [0.15, 0.2) is 0 Å². The lowest BCUT2D eigenvalue weighted by Gasteiger charge is -2.14. The van der Waals surface area contributed by atoms with Crippen LogP contribution in [-0.4, -0.2) is 38.9 Å². The lowest BCUT2D eigenvalue weighted by atomic mass is 10.4. The Morgan fingerprint density at radius 1 is 1.71 bits per heavy atom. The summed E-state index contributed by atoms with van der Waals surface area (Å²) in [5, 5.41) is 8.87. The first-order valence-electron chi connectivity index (χ1n) is 4.98. The molecule has 0 spiro atoms. The van der Waals surface area contributed by atoms with Crippen LogP contribution in [0, 0.1) is 6.92 Å². The second kappa shape index (κ2) is 4.94. The third kappa shape index (κ3) is 2.71. The number of H-pyrrole nitrogens is 1. The number of aromatic amines is 1. The Bertz CT molecular complexity index is 511. The number of aryl methyl sites for hydroxylation is 1. The molecule has 0 amide bonds. The van der Waals surface area contributed by atoms with Crippen LogP contribution in [0.2, 0.25) is 0 Å². The predicted molar refractivity (Wildman–Crippen MR) is 60.8 cm³/mol. The van der Waals surface area contributed by atoms with Gasteiger partial charge >= 0.3 is 5.69 Å². The smallest absolute Gasteiger partial charge is 0.361 e. The number of nitrogens with zero attached hydrogens (tertiary/aromatic N) is 1. The van der Waals surface area contributed by atoms with Crippen LogP contribution in [0.1, 0.15) is 5.56 Å². The quantitative estimate of drug-likeness (QED) is 0.700. The minimum Gasteiger partial charge on any atom is -0.393 e. The van der Waals surface area contributed by atoms with Gasteiger partial charge in [0.05, 0.1) is 18.6 Å². The largest absolute Gasteiger partial charge is 0.393 e. The summed E-state index contributed by atoms with van der Waals surface area (Å²) < 4.78 is 6.21. The molecule has 2 N–H and O–H groups in total. The van der Waals surface area contributed by atoms with Gasteiger partial charge in [0.2, 0.25) is 6.29 Å². The number of hydrogen-bond donors (Lipinski definition) is 2. The fraction of sp³-hybridized carbons (Fsp3) is 0.556. The molecule has 94 valence electrons. The zero-order valence-corrected chi connectivity index (χ0v) is 9.90. The second-order valence-electron chi connectivity index (χ2n) is 3.51. The average Bonchev–Trinajstić information content (AvgIpc) is 2.73. The highest BCUT2D eigenvalue weighted by atomic mass is 32.2. The van der Waals surface area contributed by atoms with E-state index in [2.05, 4.69) is 4.98 Å². The van der Waals surface area contributed by atoms with Gasteiger partial charge in [-0.2, -0.15) is 0 Å². The number of aliphatic hydroxyl groups excluding tert-OH is 1. The highest BCUT2D eigenvalue weighted by Gasteiger charge is 2.27. The van der Waals surface area contributed by atoms with Crippen molar-refractivity contribution in [3.8, 4) is 0 Å². The van der Waals surface area contributed by atoms with Gasteiger partial charge in [-0.1, -0.05) is 0 Å². The molecule has 1 aromatic rings. The van der Waals surface area contributed by atoms with Crippen LogP contribution in [0.5, 0.6) is 0 Å². The first-order valence-corrected chi connectivity index (χ1v) is 6.02. The summed E-state index contributed by atoms with van der Waals surface area (Å²) in [6.45, 7) is 1.46. The second-order valence-corrected chi connectivity index (χ2v) is 4.71. The normalized spacial score (nSPS) is 23.9. The fourth-order valence-corrected chi connectivity index (χ4v) is 2.15. The van der Waals surface area contributed by atoms with E-state index in [4.69, 9.17) is 14.7 Å². The molecular weight excluding hydrogens is 248 g/mol. The van der Waals surface area contributed by atoms with Crippen LogP contribution < -0.4 is 16.1 Å². The van der Waals surface area contributed by atoms with E-state index in [-0.39, 0.29) is 12.0 Å². The van der Waals surface area contributed by atoms with Crippen LogP contribution in [-0.2, 0) is 4.74 Å². The Hall–Kier alpha value is -1.25. The average molecular weight is 260 g/mol. The van der Waals surface area contributed by atoms with Gasteiger partial charge in [0.25, 0.3) is 5.56 Å². The van der Waals surface area contributed by atoms with Crippen molar-refractivity contribution < 1.29 is 14.7 Å². The van der Waals surface area contributed by atoms with Crippen molar-refractivity contribution in [2.45, 2.75) is 18.6 Å². The van der Waals surface area contributed by atoms with E-state index in [1.54, 1.807) is 6.92 Å². The maximum absolute atomic E-state index is 11.4. The molecule has 8 heteroatoms. The van der Waals surface area contributed by atoms with E-state index >= 15 is 0 Å². The molecule has 1 fully saturated rings. The molecule has 0 unspecified atom stereocenters. The number of thioether (sulfide) groups is 1. The van der Waals surface area contributed by atoms with Crippen molar-refractivity contribution in [2.75, 3.05) is 12.4 Å². The molecule has 2 heterocycles. The summed E-state index contributed by atoms with van der Waals surface area (Å²) in [6.07, 6.45) is 0.696. The summed E-state index contributed by atoms with van der Waals surface area (Å²) in [6, 6.07) is 0. The maximum atomic E-state index is 11.4. The van der Waals surface area contributed by atoms with Gasteiger partial charge in [-0.25, -0.2) is 4.79 Å². The lowest BCUT2D eigenvalue weighted by molar-refractivity contribution is -0.138. The minimum atomic E-state index is -0.651. The Morgan fingerprint density at radius 2 is 2.47 bits per heavy atom. The fourth-order valence-electron chi connectivity index (χ4n) is 1.33. The summed E-state index contributed by atoms with van der Waals surface area (Å²) in [7, 11) is 0. The van der Waals surface area contributed by atoms with Crippen molar-refractivity contribution in [1.82, 2.24) is 9.71 Å². The van der Waals surface area contributed by atoms with Gasteiger partial charge in [-0.3, -0.25) is 9.78 Å². The summed E-state index contributed by atoms with van der Waals surface area (Å²) in [4.78, 5) is 29.9. The van der Waals surface area contributed by atoms with E-state index in [0.29, 0.717) is 11.3 Å². The molecule has 2 atom stereocenters. The minimum absolute atomic E-state index is 0.107. The van der Waals surface area contributed by atoms with Gasteiger partial charge in [0.1, 0.15) is 5.44 Å². The Balaban J connectivity index is 2.12. The van der Waals surface area contributed by atoms with Crippen LogP contribution in [0.15, 0.2) is 15.8 Å². The molecule has 17 heavy (non-hydrogen) atoms. The third-order valence-electron chi connectivity index (χ3n) is 2.19. The number of aromatic nitrogens is 2. The molecule has 1 aliphatic heterocycles. The van der Waals surface area contributed by atoms with Gasteiger partial charge in [-0.15, -0.1) is 16.5 Å². The number of aliphatic hydroxyl groups is 1. The van der Waals surface area contributed by atoms with Crippen molar-refractivity contribution in [2.24, 2.45) is 0 Å². The molecule has 1 aliphatic rings. The summed E-state index contributed by atoms with van der Waals surface area (Å²) >= 11 is 1.40. The van der Waals surface area contributed by atoms with Crippen molar-refractivity contribution in [3.05, 3.63) is 32.6 Å². The maximum Gasteiger partial charge on any atom is 0.361 e. The molecule has 0 bridgehead atoms. The first-order chi connectivity index (χ1) is 8.10. The van der Waals surface area contributed by atoms with Gasteiger partial charge in [0, 0.05) is 5.56 Å². The van der Waals surface area contributed by atoms with Gasteiger partial charge < -0.3 is 14.7 Å². The number of hydrogen-bond acceptors (Lipinski definition) is 6. The summed E-state index contributed by atoms with van der Waals surface area (Å²) in [5.41, 5.74) is -1.06. The van der Waals surface area contributed by atoms with Crippen LogP contribution >= 0.6 is 11.8 Å². The highest BCUT2D eigenvalue weighted by molar-refractivity contribution is 8.00. The van der Waals surface area contributed by atoms with E-state index in [0.717, 1.165) is 4.73 Å². The zero-order chi connectivity index (χ0) is 12.4. The Morgan fingerprint density at radius 3 is 3.12 bits per heavy atom. The third-order valence-corrected chi connectivity index (χ3v) is 3.29. The first kappa shape index (κ1) is 12.2. The lowest BCUT2D eigenvalue weighted by Crippen LogP contribution is -2.39. The number of nitrogens with one attached hydrogen (secondary N) is 1. The molecule has 7 nitrogen and oxygen atoms in total. The van der Waals surface area contributed by atoms with Crippen molar-refractivity contribution >= 4 is 11.8 Å². The molecular formula is C9H12N2O5S. The zero-order valence-electron chi connectivity index (χ0n) is 9.08. The molecule has 0 saturated carbocycles. The topological polar surface area (TPSA) is 93.6 Å². The Labute approximate surface area is 100 Å². The van der Waals surface area contributed by atoms with Crippen LogP contribution in [0.3, 0.4) is 0 Å². The van der Waals surface area contributed by atoms with E-state index in [1.165, 1.54) is 18.0 Å². The van der Waals surface area contributed by atoms with Crippen LogP contribution in [0.4, 0.5) is 0 Å². The van der Waals surface area contributed by atoms with Crippen LogP contribution in [0.25, 0.3) is 0 Å². The number of ether oxygens (including phenoxy) is 1. The molecule has 1 saturated heterocycles. The monoisotopic (exact) mass is 260 g/mol. The van der Waals surface area contributed by atoms with E-state index < -0.39 is 17.5 Å². The van der Waals surface area contributed by atoms with E-state index in [1.807, 2.05) is 0 Å². The van der Waals surface area contributed by atoms with Crippen molar-refractivity contribution in [1.29, 1.82) is 0 Å². The summed E-state index contributed by atoms with van der Waals surface area (Å²) in [5.74, 6) is 0.510. The SMILES string of the molecule is Cc1cn(O[C@@H]2CS[C@@H](CO)O2)c(=O)[nH]c1=O. The number of rotatable bonds is 3. The Kier molecular flexibility index (Phi) is 3.55. The predicted octanol–water partition coefficient (Wildman–Crippen LogP) is -1.32. The molecule has 0 radical (unpaired) electrons.